The third-order valence-electron chi connectivity index (χ3n) is 1.56. The number of amides is 2. The first-order chi connectivity index (χ1) is 8.20. The van der Waals surface area contributed by atoms with Crippen molar-refractivity contribution in [1.29, 1.82) is 0 Å². The van der Waals surface area contributed by atoms with E-state index in [2.05, 4.69) is 33.2 Å². The summed E-state index contributed by atoms with van der Waals surface area (Å²) in [6, 6.07) is 0. The second-order valence-electron chi connectivity index (χ2n) is 3.01. The number of thiol groups is 1. The van der Waals surface area contributed by atoms with Crippen LogP contribution < -0.4 is 10.6 Å². The number of aliphatic imine (C=N–C) groups is 2. The summed E-state index contributed by atoms with van der Waals surface area (Å²) in [4.78, 5) is 29.9. The number of rotatable bonds is 8. The number of hydrogen-bond acceptors (Lipinski definition) is 5. The highest BCUT2D eigenvalue weighted by Crippen LogP contribution is 1.74. The van der Waals surface area contributed by atoms with E-state index in [1.165, 1.54) is 0 Å². The SMILES string of the molecule is CCC=NCC(=O)NCNC(=O)CN=CCS. The summed E-state index contributed by atoms with van der Waals surface area (Å²) >= 11 is 3.91. The number of carbonyl (C=O) groups excluding carboxylic acids is 2. The Kier molecular flexibility index (Phi) is 10.2. The molecule has 96 valence electrons. The molecule has 0 heterocycles. The van der Waals surface area contributed by atoms with E-state index in [0.29, 0.717) is 5.75 Å². The lowest BCUT2D eigenvalue weighted by atomic mass is 10.5. The standard InChI is InChI=1S/C10H18N4O2S/c1-2-3-11-6-9(15)13-8-14-10(16)7-12-4-5-17/h3-4,17H,2,5-8H2,1H3,(H,13,15)(H,14,16). The van der Waals surface area contributed by atoms with Gasteiger partial charge in [-0.2, -0.15) is 12.6 Å². The molecule has 0 atom stereocenters. The maximum absolute atomic E-state index is 11.1. The number of nitrogens with one attached hydrogen (secondary N) is 2. The van der Waals surface area contributed by atoms with Gasteiger partial charge in [-0.25, -0.2) is 0 Å². The molecule has 0 saturated carbocycles. The molecule has 0 bridgehead atoms. The molecule has 0 aliphatic heterocycles. The summed E-state index contributed by atoms with van der Waals surface area (Å²) in [6.07, 6.45) is 4.01. The maximum Gasteiger partial charge on any atom is 0.243 e. The molecule has 6 nitrogen and oxygen atoms in total. The third-order valence-corrected chi connectivity index (χ3v) is 1.73. The van der Waals surface area contributed by atoms with Crippen LogP contribution in [-0.4, -0.2) is 49.8 Å². The Balaban J connectivity index is 3.55. The van der Waals surface area contributed by atoms with Crippen molar-refractivity contribution < 1.29 is 9.59 Å². The molecule has 0 aromatic heterocycles. The van der Waals surface area contributed by atoms with Crippen molar-refractivity contribution in [2.75, 3.05) is 25.5 Å². The van der Waals surface area contributed by atoms with Crippen molar-refractivity contribution >= 4 is 36.9 Å². The molecule has 0 aliphatic carbocycles. The van der Waals surface area contributed by atoms with Gasteiger partial charge in [0.1, 0.15) is 13.1 Å². The quantitative estimate of drug-likeness (QED) is 0.316. The summed E-state index contributed by atoms with van der Waals surface area (Å²) in [5.74, 6) is 0.0219. The summed E-state index contributed by atoms with van der Waals surface area (Å²) in [5, 5.41) is 5.01. The van der Waals surface area contributed by atoms with Gasteiger partial charge in [0.2, 0.25) is 11.8 Å². The summed E-state index contributed by atoms with van der Waals surface area (Å²) < 4.78 is 0. The van der Waals surface area contributed by atoms with Gasteiger partial charge in [-0.3, -0.25) is 19.6 Å². The molecule has 0 radical (unpaired) electrons. The Morgan fingerprint density at radius 2 is 1.65 bits per heavy atom. The average Bonchev–Trinajstić information content (AvgIpc) is 2.30. The molecule has 0 rings (SSSR count). The highest BCUT2D eigenvalue weighted by molar-refractivity contribution is 7.80. The predicted octanol–water partition coefficient (Wildman–Crippen LogP) is -0.342. The lowest BCUT2D eigenvalue weighted by Crippen LogP contribution is -2.39. The fourth-order valence-corrected chi connectivity index (χ4v) is 0.950. The van der Waals surface area contributed by atoms with Gasteiger partial charge < -0.3 is 10.6 Å². The van der Waals surface area contributed by atoms with Gasteiger partial charge in [-0.1, -0.05) is 6.92 Å². The predicted molar refractivity (Wildman–Crippen MR) is 72.0 cm³/mol. The molecule has 2 amide bonds. The molecule has 7 heteroatoms. The fourth-order valence-electron chi connectivity index (χ4n) is 0.835. The molecule has 0 spiro atoms. The van der Waals surface area contributed by atoms with Gasteiger partial charge in [-0.05, 0) is 12.6 Å². The Hall–Kier alpha value is -1.37. The van der Waals surface area contributed by atoms with Gasteiger partial charge in [0, 0.05) is 12.0 Å². The topological polar surface area (TPSA) is 82.9 Å². The molecule has 17 heavy (non-hydrogen) atoms. The Morgan fingerprint density at radius 1 is 1.12 bits per heavy atom. The van der Waals surface area contributed by atoms with Crippen LogP contribution in [0.5, 0.6) is 0 Å². The average molecular weight is 258 g/mol. The van der Waals surface area contributed by atoms with Crippen LogP contribution in [-0.2, 0) is 9.59 Å². The number of carbonyl (C=O) groups is 2. The number of nitrogens with zero attached hydrogens (tertiary/aromatic N) is 2. The Labute approximate surface area is 106 Å². The lowest BCUT2D eigenvalue weighted by Gasteiger charge is -2.04. The molecule has 2 N–H and O–H groups in total. The fraction of sp³-hybridized carbons (Fsp3) is 0.600. The zero-order valence-electron chi connectivity index (χ0n) is 9.85. The minimum Gasteiger partial charge on any atom is -0.337 e. The van der Waals surface area contributed by atoms with Crippen molar-refractivity contribution in [3.05, 3.63) is 0 Å². The van der Waals surface area contributed by atoms with E-state index in [0.717, 1.165) is 6.42 Å². The first-order valence-corrected chi connectivity index (χ1v) is 5.94. The molecule has 0 aromatic rings. The molecular weight excluding hydrogens is 240 g/mol. The van der Waals surface area contributed by atoms with Crippen LogP contribution >= 0.6 is 12.6 Å². The lowest BCUT2D eigenvalue weighted by molar-refractivity contribution is -0.121. The Morgan fingerprint density at radius 3 is 2.12 bits per heavy atom. The second kappa shape index (κ2) is 11.1. The van der Waals surface area contributed by atoms with Crippen LogP contribution in [0.3, 0.4) is 0 Å². The summed E-state index contributed by atoms with van der Waals surface area (Å²) in [7, 11) is 0. The van der Waals surface area contributed by atoms with E-state index >= 15 is 0 Å². The van der Waals surface area contributed by atoms with Crippen molar-refractivity contribution in [3.8, 4) is 0 Å². The zero-order chi connectivity index (χ0) is 12.9. The van der Waals surface area contributed by atoms with Gasteiger partial charge in [-0.15, -0.1) is 0 Å². The van der Waals surface area contributed by atoms with Crippen LogP contribution in [0.1, 0.15) is 13.3 Å². The van der Waals surface area contributed by atoms with Gasteiger partial charge in [0.25, 0.3) is 0 Å². The van der Waals surface area contributed by atoms with E-state index in [9.17, 15) is 9.59 Å². The minimum atomic E-state index is -0.250. The van der Waals surface area contributed by atoms with Crippen molar-refractivity contribution in [3.63, 3.8) is 0 Å². The summed E-state index contributed by atoms with van der Waals surface area (Å²) in [6.45, 7) is 2.16. The van der Waals surface area contributed by atoms with Gasteiger partial charge in [0.05, 0.1) is 6.67 Å². The van der Waals surface area contributed by atoms with Crippen LogP contribution in [0.2, 0.25) is 0 Å². The first-order valence-electron chi connectivity index (χ1n) is 5.31. The highest BCUT2D eigenvalue weighted by Gasteiger charge is 2.00. The smallest absolute Gasteiger partial charge is 0.243 e. The largest absolute Gasteiger partial charge is 0.337 e. The van der Waals surface area contributed by atoms with E-state index in [1.54, 1.807) is 12.4 Å². The van der Waals surface area contributed by atoms with E-state index in [-0.39, 0.29) is 31.6 Å². The third kappa shape index (κ3) is 10.9. The normalized spacial score (nSPS) is 10.9. The summed E-state index contributed by atoms with van der Waals surface area (Å²) in [5.41, 5.74) is 0. The van der Waals surface area contributed by atoms with E-state index < -0.39 is 0 Å². The molecule has 0 fully saturated rings. The first kappa shape index (κ1) is 15.6. The van der Waals surface area contributed by atoms with Crippen LogP contribution in [0, 0.1) is 0 Å². The van der Waals surface area contributed by atoms with Crippen LogP contribution in [0.4, 0.5) is 0 Å². The molecule has 0 aromatic carbocycles. The second-order valence-corrected chi connectivity index (χ2v) is 3.38. The maximum atomic E-state index is 11.1. The van der Waals surface area contributed by atoms with Crippen molar-refractivity contribution in [2.24, 2.45) is 9.98 Å². The van der Waals surface area contributed by atoms with Crippen LogP contribution in [0.15, 0.2) is 9.98 Å². The molecule has 0 aliphatic rings. The van der Waals surface area contributed by atoms with Crippen LogP contribution in [0.25, 0.3) is 0 Å². The number of hydrogen-bond donors (Lipinski definition) is 3. The van der Waals surface area contributed by atoms with E-state index in [4.69, 9.17) is 0 Å². The Bertz CT molecular complexity index is 264. The zero-order valence-corrected chi connectivity index (χ0v) is 10.7. The van der Waals surface area contributed by atoms with E-state index in [1.807, 2.05) is 6.92 Å². The molecule has 0 saturated heterocycles. The monoisotopic (exact) mass is 258 g/mol. The van der Waals surface area contributed by atoms with Crippen molar-refractivity contribution in [2.45, 2.75) is 13.3 Å². The minimum absolute atomic E-state index is 0.0460. The molecular formula is C10H18N4O2S. The van der Waals surface area contributed by atoms with Crippen molar-refractivity contribution in [1.82, 2.24) is 10.6 Å². The van der Waals surface area contributed by atoms with Gasteiger partial charge in [0.15, 0.2) is 0 Å². The molecule has 0 unspecified atom stereocenters. The van der Waals surface area contributed by atoms with Gasteiger partial charge >= 0.3 is 0 Å². The highest BCUT2D eigenvalue weighted by atomic mass is 32.1.